The van der Waals surface area contributed by atoms with Crippen LogP contribution in [0.3, 0.4) is 0 Å². The van der Waals surface area contributed by atoms with Gasteiger partial charge < -0.3 is 5.32 Å². The lowest BCUT2D eigenvalue weighted by molar-refractivity contribution is -0.154. The summed E-state index contributed by atoms with van der Waals surface area (Å²) in [4.78, 5) is 38.7. The maximum Gasteiger partial charge on any atom is 0.254 e. The standard InChI is InChI=1S/C37H41N5O2/c1-24(2)34-29(17-30-18-31(34)36(30,3)4)23-42-33(19-32(43)28-7-5-27(22-38)6-8-28)41-37(35(42)44,20-25-9-13-39-14-10-25)21-26-11-15-40-16-12-26/h5-16,19,24,29-31,34,41H,17-18,20-21,23H2,1-4H3/b33-19+. The van der Waals surface area contributed by atoms with Gasteiger partial charge in [0.05, 0.1) is 11.6 Å². The Kier molecular flexibility index (Phi) is 7.88. The third-order valence-corrected chi connectivity index (χ3v) is 10.7. The predicted molar refractivity (Wildman–Crippen MR) is 169 cm³/mol. The number of fused-ring (bicyclic) bond motifs is 2. The fourth-order valence-corrected chi connectivity index (χ4v) is 8.35. The van der Waals surface area contributed by atoms with Crippen LogP contribution in [0.1, 0.15) is 67.6 Å². The number of allylic oxidation sites excluding steroid dienone is 1. The molecule has 44 heavy (non-hydrogen) atoms. The summed E-state index contributed by atoms with van der Waals surface area (Å²) in [6, 6.07) is 16.5. The first-order chi connectivity index (χ1) is 21.1. The van der Waals surface area contributed by atoms with Crippen molar-refractivity contribution >= 4 is 11.7 Å². The monoisotopic (exact) mass is 587 g/mol. The van der Waals surface area contributed by atoms with Crippen molar-refractivity contribution in [2.75, 3.05) is 6.54 Å². The van der Waals surface area contributed by atoms with Gasteiger partial charge >= 0.3 is 0 Å². The summed E-state index contributed by atoms with van der Waals surface area (Å²) in [6.07, 6.45) is 11.8. The zero-order chi connectivity index (χ0) is 31.1. The third-order valence-electron chi connectivity index (χ3n) is 10.7. The van der Waals surface area contributed by atoms with E-state index in [2.05, 4.69) is 49.0 Å². The fraction of sp³-hybridized carbons (Fsp3) is 0.432. The van der Waals surface area contributed by atoms with Crippen LogP contribution in [0, 0.1) is 46.3 Å². The highest BCUT2D eigenvalue weighted by Gasteiger charge is 2.59. The van der Waals surface area contributed by atoms with Gasteiger partial charge in [0.25, 0.3) is 5.91 Å². The minimum atomic E-state index is -0.982. The van der Waals surface area contributed by atoms with Crippen molar-refractivity contribution in [2.45, 2.75) is 58.9 Å². The Hall–Kier alpha value is -4.31. The Bertz CT molecular complexity index is 1550. The summed E-state index contributed by atoms with van der Waals surface area (Å²) in [6.45, 7) is 10.0. The van der Waals surface area contributed by atoms with E-state index in [0.29, 0.717) is 71.3 Å². The molecule has 3 aromatic rings. The molecule has 3 heterocycles. The third kappa shape index (κ3) is 5.43. The highest BCUT2D eigenvalue weighted by atomic mass is 16.2. The van der Waals surface area contributed by atoms with Gasteiger partial charge in [0, 0.05) is 55.8 Å². The smallest absolute Gasteiger partial charge is 0.254 e. The molecule has 1 aromatic carbocycles. The molecule has 3 saturated carbocycles. The largest absolute Gasteiger partial charge is 0.357 e. The van der Waals surface area contributed by atoms with E-state index in [1.165, 1.54) is 6.42 Å². The molecule has 1 saturated heterocycles. The van der Waals surface area contributed by atoms with Gasteiger partial charge in [0.1, 0.15) is 11.4 Å². The SMILES string of the molecule is CC(C)C1C(CN2C(=O)C(Cc3ccncc3)(Cc3ccncc3)N/C2=C\C(=O)c2ccc(C#N)cc2)CC2CC1C2(C)C. The van der Waals surface area contributed by atoms with Gasteiger partial charge in [-0.1, -0.05) is 27.7 Å². The lowest BCUT2D eigenvalue weighted by atomic mass is 9.41. The number of hydrogen-bond acceptors (Lipinski definition) is 6. The molecule has 1 N–H and O–H groups in total. The van der Waals surface area contributed by atoms with E-state index >= 15 is 0 Å². The van der Waals surface area contributed by atoms with Gasteiger partial charge in [-0.3, -0.25) is 24.5 Å². The Morgan fingerprint density at radius 3 is 2.11 bits per heavy atom. The van der Waals surface area contributed by atoms with E-state index < -0.39 is 5.54 Å². The van der Waals surface area contributed by atoms with Gasteiger partial charge in [-0.05, 0) is 108 Å². The number of nitriles is 1. The molecule has 7 heteroatoms. The number of pyridine rings is 2. The Morgan fingerprint density at radius 2 is 1.59 bits per heavy atom. The van der Waals surface area contributed by atoms with Crippen molar-refractivity contribution in [1.29, 1.82) is 5.26 Å². The van der Waals surface area contributed by atoms with E-state index in [1.54, 1.807) is 55.1 Å². The van der Waals surface area contributed by atoms with Crippen molar-refractivity contribution in [2.24, 2.45) is 35.0 Å². The lowest BCUT2D eigenvalue weighted by Gasteiger charge is -2.64. The van der Waals surface area contributed by atoms with E-state index in [0.717, 1.165) is 17.5 Å². The summed E-state index contributed by atoms with van der Waals surface area (Å²) < 4.78 is 0. The van der Waals surface area contributed by atoms with Crippen molar-refractivity contribution in [3.8, 4) is 6.07 Å². The molecule has 3 aliphatic carbocycles. The van der Waals surface area contributed by atoms with E-state index in [9.17, 15) is 14.9 Å². The van der Waals surface area contributed by atoms with Gasteiger partial charge in [-0.15, -0.1) is 0 Å². The van der Waals surface area contributed by atoms with Crippen molar-refractivity contribution in [1.82, 2.24) is 20.2 Å². The first-order valence-corrected chi connectivity index (χ1v) is 15.8. The van der Waals surface area contributed by atoms with Crippen LogP contribution in [0.15, 0.2) is 85.2 Å². The highest BCUT2D eigenvalue weighted by molar-refractivity contribution is 6.06. The van der Waals surface area contributed by atoms with E-state index in [-0.39, 0.29) is 11.7 Å². The number of carbonyl (C=O) groups excluding carboxylic acids is 2. The van der Waals surface area contributed by atoms with Crippen LogP contribution in [0.4, 0.5) is 0 Å². The first-order valence-electron chi connectivity index (χ1n) is 15.8. The second kappa shape index (κ2) is 11.6. The van der Waals surface area contributed by atoms with E-state index in [1.807, 2.05) is 29.2 Å². The number of nitrogens with zero attached hydrogens (tertiary/aromatic N) is 4. The van der Waals surface area contributed by atoms with E-state index in [4.69, 9.17) is 0 Å². The number of ketones is 1. The zero-order valence-electron chi connectivity index (χ0n) is 26.0. The van der Waals surface area contributed by atoms with Crippen LogP contribution in [-0.2, 0) is 17.6 Å². The zero-order valence-corrected chi connectivity index (χ0v) is 26.0. The Morgan fingerprint density at radius 1 is 1.00 bits per heavy atom. The normalized spacial score (nSPS) is 25.8. The summed E-state index contributed by atoms with van der Waals surface area (Å²) in [7, 11) is 0. The molecule has 7 nitrogen and oxygen atoms in total. The van der Waals surface area contributed by atoms with Crippen molar-refractivity contribution in [3.63, 3.8) is 0 Å². The Balaban J connectivity index is 1.40. The number of carbonyl (C=O) groups is 2. The minimum absolute atomic E-state index is 0.00832. The first kappa shape index (κ1) is 29.7. The summed E-state index contributed by atoms with van der Waals surface area (Å²) in [5.41, 5.74) is 2.31. The number of rotatable bonds is 9. The molecule has 0 spiro atoms. The number of amides is 1. The number of nitrogens with one attached hydrogen (secondary N) is 1. The van der Waals surface area contributed by atoms with Crippen LogP contribution >= 0.6 is 0 Å². The van der Waals surface area contributed by atoms with Crippen LogP contribution in [0.5, 0.6) is 0 Å². The molecule has 1 amide bonds. The van der Waals surface area contributed by atoms with Crippen molar-refractivity contribution < 1.29 is 9.59 Å². The maximum atomic E-state index is 14.9. The summed E-state index contributed by atoms with van der Waals surface area (Å²) >= 11 is 0. The quantitative estimate of drug-likeness (QED) is 0.244. The molecule has 1 aliphatic heterocycles. The van der Waals surface area contributed by atoms with Gasteiger partial charge in [-0.25, -0.2) is 0 Å². The molecule has 4 atom stereocenters. The molecular weight excluding hydrogens is 546 g/mol. The van der Waals surface area contributed by atoms with Crippen molar-refractivity contribution in [3.05, 3.63) is 107 Å². The molecular formula is C37H41N5O2. The molecule has 226 valence electrons. The average Bonchev–Trinajstić information content (AvgIpc) is 3.26. The molecule has 4 unspecified atom stereocenters. The lowest BCUT2D eigenvalue weighted by Crippen LogP contribution is -2.59. The topological polar surface area (TPSA) is 99.0 Å². The van der Waals surface area contributed by atoms with Gasteiger partial charge in [-0.2, -0.15) is 5.26 Å². The number of aromatic nitrogens is 2. The molecule has 4 fully saturated rings. The van der Waals surface area contributed by atoms with Crippen LogP contribution in [0.2, 0.25) is 0 Å². The van der Waals surface area contributed by atoms with Gasteiger partial charge in [0.2, 0.25) is 0 Å². The molecule has 2 bridgehead atoms. The van der Waals surface area contributed by atoms with Gasteiger partial charge in [0.15, 0.2) is 5.78 Å². The second-order valence-corrected chi connectivity index (χ2v) is 13.9. The molecule has 0 radical (unpaired) electrons. The minimum Gasteiger partial charge on any atom is -0.357 e. The van der Waals surface area contributed by atoms with Crippen LogP contribution in [-0.4, -0.2) is 38.6 Å². The maximum absolute atomic E-state index is 14.9. The second-order valence-electron chi connectivity index (χ2n) is 13.9. The average molecular weight is 588 g/mol. The molecule has 7 rings (SSSR count). The van der Waals surface area contributed by atoms with Crippen LogP contribution in [0.25, 0.3) is 0 Å². The Labute approximate surface area is 260 Å². The summed E-state index contributed by atoms with van der Waals surface area (Å²) in [5.74, 6) is 3.00. The number of hydrogen-bond donors (Lipinski definition) is 1. The van der Waals surface area contributed by atoms with Crippen LogP contribution < -0.4 is 5.32 Å². The fourth-order valence-electron chi connectivity index (χ4n) is 8.35. The molecule has 4 aliphatic rings. The number of benzene rings is 1. The summed E-state index contributed by atoms with van der Waals surface area (Å²) in [5, 5.41) is 12.8. The predicted octanol–water partition coefficient (Wildman–Crippen LogP) is 5.98. The highest BCUT2D eigenvalue weighted by Crippen LogP contribution is 2.64. The molecule has 2 aromatic heterocycles.